The summed E-state index contributed by atoms with van der Waals surface area (Å²) >= 11 is 0. The smallest absolute Gasteiger partial charge is 0.276 e. The molecule has 0 radical (unpaired) electrons. The number of nitrogens with one attached hydrogen (secondary N) is 2. The van der Waals surface area contributed by atoms with E-state index in [1.807, 2.05) is 24.3 Å². The van der Waals surface area contributed by atoms with Crippen molar-refractivity contribution in [2.75, 3.05) is 17.7 Å². The van der Waals surface area contributed by atoms with Crippen molar-refractivity contribution < 1.29 is 9.53 Å². The summed E-state index contributed by atoms with van der Waals surface area (Å²) < 4.78 is 5.16. The van der Waals surface area contributed by atoms with Gasteiger partial charge in [0.1, 0.15) is 5.75 Å². The van der Waals surface area contributed by atoms with Gasteiger partial charge in [0.2, 0.25) is 0 Å². The van der Waals surface area contributed by atoms with E-state index in [9.17, 15) is 4.79 Å². The highest BCUT2D eigenvalue weighted by Gasteiger charge is 2.18. The molecule has 0 aliphatic carbocycles. The van der Waals surface area contributed by atoms with Crippen LogP contribution in [0.4, 0.5) is 17.2 Å². The molecule has 3 aromatic rings. The number of para-hydroxylation sites is 1. The van der Waals surface area contributed by atoms with Crippen LogP contribution < -0.4 is 15.4 Å². The zero-order valence-electron chi connectivity index (χ0n) is 16.5. The molecule has 0 saturated heterocycles. The third-order valence-electron chi connectivity index (χ3n) is 4.22. The van der Waals surface area contributed by atoms with Crippen LogP contribution in [0.1, 0.15) is 36.8 Å². The molecule has 1 aromatic heterocycles. The molecule has 0 aliphatic rings. The van der Waals surface area contributed by atoms with Crippen molar-refractivity contribution in [1.29, 1.82) is 0 Å². The zero-order chi connectivity index (χ0) is 20.1. The van der Waals surface area contributed by atoms with Gasteiger partial charge in [0.05, 0.1) is 7.11 Å². The second-order valence-corrected chi connectivity index (χ2v) is 7.41. The minimum absolute atomic E-state index is 0.00636. The highest BCUT2D eigenvalue weighted by molar-refractivity contribution is 6.02. The van der Waals surface area contributed by atoms with Crippen LogP contribution in [0.2, 0.25) is 0 Å². The Bertz CT molecular complexity index is 963. The number of aromatic nitrogens is 2. The quantitative estimate of drug-likeness (QED) is 0.670. The fourth-order valence-corrected chi connectivity index (χ4v) is 2.80. The summed E-state index contributed by atoms with van der Waals surface area (Å²) in [6, 6.07) is 18.6. The summed E-state index contributed by atoms with van der Waals surface area (Å²) in [5, 5.41) is 14.3. The summed E-state index contributed by atoms with van der Waals surface area (Å²) in [6.45, 7) is 6.47. The first-order valence-corrected chi connectivity index (χ1v) is 9.02. The molecule has 0 unspecified atom stereocenters. The fourth-order valence-electron chi connectivity index (χ4n) is 2.80. The summed E-state index contributed by atoms with van der Waals surface area (Å²) in [6.07, 6.45) is 0. The van der Waals surface area contributed by atoms with E-state index < -0.39 is 0 Å². The molecule has 3 rings (SSSR count). The minimum Gasteiger partial charge on any atom is -0.497 e. The Morgan fingerprint density at radius 3 is 2.43 bits per heavy atom. The van der Waals surface area contributed by atoms with E-state index in [0.717, 1.165) is 5.69 Å². The van der Waals surface area contributed by atoms with Crippen LogP contribution >= 0.6 is 0 Å². The second kappa shape index (κ2) is 8.08. The van der Waals surface area contributed by atoms with Gasteiger partial charge in [0, 0.05) is 17.4 Å². The van der Waals surface area contributed by atoms with Crippen molar-refractivity contribution in [2.24, 2.45) is 0 Å². The molecule has 1 amide bonds. The van der Waals surface area contributed by atoms with Crippen molar-refractivity contribution >= 4 is 23.1 Å². The van der Waals surface area contributed by atoms with Crippen molar-refractivity contribution in [3.63, 3.8) is 0 Å². The highest BCUT2D eigenvalue weighted by atomic mass is 16.5. The second-order valence-electron chi connectivity index (χ2n) is 7.41. The first-order valence-electron chi connectivity index (χ1n) is 9.02. The lowest BCUT2D eigenvalue weighted by Gasteiger charge is -2.23. The SMILES string of the molecule is COc1cccc(NC(=O)c2ccc(Nc3ccccc3C(C)(C)C)nn2)c1. The van der Waals surface area contributed by atoms with Gasteiger partial charge < -0.3 is 15.4 Å². The average molecular weight is 376 g/mol. The number of carbonyl (C=O) groups is 1. The largest absolute Gasteiger partial charge is 0.497 e. The number of nitrogens with zero attached hydrogens (tertiary/aromatic N) is 2. The normalized spacial score (nSPS) is 11.0. The Morgan fingerprint density at radius 1 is 0.964 bits per heavy atom. The third kappa shape index (κ3) is 4.65. The first kappa shape index (κ1) is 19.4. The van der Waals surface area contributed by atoms with Gasteiger partial charge >= 0.3 is 0 Å². The Hall–Kier alpha value is -3.41. The highest BCUT2D eigenvalue weighted by Crippen LogP contribution is 2.30. The molecule has 0 spiro atoms. The summed E-state index contributed by atoms with van der Waals surface area (Å²) in [7, 11) is 1.58. The van der Waals surface area contributed by atoms with Crippen LogP contribution in [0.5, 0.6) is 5.75 Å². The molecule has 0 saturated carbocycles. The predicted molar refractivity (Wildman–Crippen MR) is 111 cm³/mol. The lowest BCUT2D eigenvalue weighted by atomic mass is 9.86. The molecule has 0 bridgehead atoms. The van der Waals surface area contributed by atoms with Crippen LogP contribution in [-0.2, 0) is 5.41 Å². The molecular weight excluding hydrogens is 352 g/mol. The summed E-state index contributed by atoms with van der Waals surface area (Å²) in [5.74, 6) is 0.915. The molecule has 28 heavy (non-hydrogen) atoms. The van der Waals surface area contributed by atoms with E-state index >= 15 is 0 Å². The van der Waals surface area contributed by atoms with Crippen molar-refractivity contribution in [3.05, 3.63) is 71.9 Å². The standard InChI is InChI=1S/C22H24N4O2/c1-22(2,3)17-10-5-6-11-18(17)24-20-13-12-19(25-26-20)21(27)23-15-8-7-9-16(14-15)28-4/h5-14H,1-4H3,(H,23,27)(H,24,26). The van der Waals surface area contributed by atoms with Gasteiger partial charge in [-0.15, -0.1) is 10.2 Å². The first-order chi connectivity index (χ1) is 13.4. The Morgan fingerprint density at radius 2 is 1.75 bits per heavy atom. The van der Waals surface area contributed by atoms with Crippen molar-refractivity contribution in [2.45, 2.75) is 26.2 Å². The maximum atomic E-state index is 12.4. The zero-order valence-corrected chi connectivity index (χ0v) is 16.5. The van der Waals surface area contributed by atoms with Crippen molar-refractivity contribution in [3.8, 4) is 5.75 Å². The third-order valence-corrected chi connectivity index (χ3v) is 4.22. The van der Waals surface area contributed by atoms with Crippen LogP contribution in [0.25, 0.3) is 0 Å². The van der Waals surface area contributed by atoms with Crippen molar-refractivity contribution in [1.82, 2.24) is 10.2 Å². The van der Waals surface area contributed by atoms with Crippen LogP contribution in [0.15, 0.2) is 60.7 Å². The molecule has 6 nitrogen and oxygen atoms in total. The molecule has 1 heterocycles. The monoisotopic (exact) mass is 376 g/mol. The Kier molecular flexibility index (Phi) is 5.59. The number of rotatable bonds is 5. The maximum absolute atomic E-state index is 12.4. The topological polar surface area (TPSA) is 76.1 Å². The van der Waals surface area contributed by atoms with Gasteiger partial charge in [0.25, 0.3) is 5.91 Å². The van der Waals surface area contributed by atoms with Gasteiger partial charge in [-0.2, -0.15) is 0 Å². The lowest BCUT2D eigenvalue weighted by Crippen LogP contribution is -2.15. The fraction of sp³-hybridized carbons (Fsp3) is 0.227. The van der Waals surface area contributed by atoms with Gasteiger partial charge in [-0.1, -0.05) is 45.0 Å². The average Bonchev–Trinajstić information content (AvgIpc) is 2.68. The summed E-state index contributed by atoms with van der Waals surface area (Å²) in [5.41, 5.74) is 3.01. The molecule has 0 atom stereocenters. The number of hydrogen-bond donors (Lipinski definition) is 2. The van der Waals surface area contributed by atoms with Crippen LogP contribution in [-0.4, -0.2) is 23.2 Å². The van der Waals surface area contributed by atoms with Crippen LogP contribution in [0, 0.1) is 0 Å². The lowest BCUT2D eigenvalue weighted by molar-refractivity contribution is 0.102. The molecular formula is C22H24N4O2. The van der Waals surface area contributed by atoms with E-state index in [4.69, 9.17) is 4.74 Å². The molecule has 2 aromatic carbocycles. The number of amides is 1. The van der Waals surface area contributed by atoms with E-state index in [1.165, 1.54) is 5.56 Å². The van der Waals surface area contributed by atoms with Gasteiger partial charge in [0.15, 0.2) is 11.5 Å². The van der Waals surface area contributed by atoms with E-state index in [1.54, 1.807) is 37.4 Å². The number of anilines is 3. The van der Waals surface area contributed by atoms with Crippen LogP contribution in [0.3, 0.4) is 0 Å². The molecule has 6 heteroatoms. The van der Waals surface area contributed by atoms with E-state index in [0.29, 0.717) is 17.3 Å². The summed E-state index contributed by atoms with van der Waals surface area (Å²) in [4.78, 5) is 12.4. The number of methoxy groups -OCH3 is 1. The number of ether oxygens (including phenoxy) is 1. The molecule has 0 aliphatic heterocycles. The molecule has 144 valence electrons. The van der Waals surface area contributed by atoms with E-state index in [2.05, 4.69) is 47.7 Å². The minimum atomic E-state index is -0.331. The number of carbonyl (C=O) groups excluding carboxylic acids is 1. The maximum Gasteiger partial charge on any atom is 0.276 e. The molecule has 2 N–H and O–H groups in total. The van der Waals surface area contributed by atoms with Gasteiger partial charge in [-0.3, -0.25) is 4.79 Å². The van der Waals surface area contributed by atoms with E-state index in [-0.39, 0.29) is 17.0 Å². The number of hydrogen-bond acceptors (Lipinski definition) is 5. The predicted octanol–water partition coefficient (Wildman–Crippen LogP) is 4.78. The van der Waals surface area contributed by atoms with Gasteiger partial charge in [-0.25, -0.2) is 0 Å². The Balaban J connectivity index is 1.73. The molecule has 0 fully saturated rings. The Labute approximate surface area is 165 Å². The number of benzene rings is 2. The van der Waals surface area contributed by atoms with Gasteiger partial charge in [-0.05, 0) is 41.3 Å².